The zero-order valence-corrected chi connectivity index (χ0v) is 14.8. The first-order chi connectivity index (χ1) is 11.3. The van der Waals surface area contributed by atoms with Gasteiger partial charge in [0.05, 0.1) is 17.7 Å². The molecule has 1 aliphatic heterocycles. The second kappa shape index (κ2) is 6.02. The second-order valence-corrected chi connectivity index (χ2v) is 8.15. The Balaban J connectivity index is 1.87. The van der Waals surface area contributed by atoms with Crippen LogP contribution in [0.25, 0.3) is 0 Å². The fraction of sp³-hybridized carbons (Fsp3) is 0.333. The average Bonchev–Trinajstić information content (AvgIpc) is 2.53. The number of hydrogen-bond donors (Lipinski definition) is 1. The van der Waals surface area contributed by atoms with Crippen LogP contribution in [0.4, 0.5) is 5.69 Å². The Kier molecular flexibility index (Phi) is 4.17. The van der Waals surface area contributed by atoms with Crippen LogP contribution in [0.5, 0.6) is 11.5 Å². The SMILES string of the molecule is COc1cccc(NS(=O)(=O)c2ccc3c(c2)CCC(C)(C)O3)c1. The fourth-order valence-corrected chi connectivity index (χ4v) is 3.80. The molecular formula is C18H21NO4S. The number of rotatable bonds is 4. The Morgan fingerprint density at radius 3 is 2.71 bits per heavy atom. The minimum atomic E-state index is -3.66. The lowest BCUT2D eigenvalue weighted by molar-refractivity contribution is 0.0845. The molecule has 0 unspecified atom stereocenters. The molecule has 0 radical (unpaired) electrons. The molecule has 0 atom stereocenters. The van der Waals surface area contributed by atoms with E-state index in [1.165, 1.54) is 0 Å². The van der Waals surface area contributed by atoms with E-state index in [-0.39, 0.29) is 10.5 Å². The van der Waals surface area contributed by atoms with Gasteiger partial charge >= 0.3 is 0 Å². The summed E-state index contributed by atoms with van der Waals surface area (Å²) in [5, 5.41) is 0. The summed E-state index contributed by atoms with van der Waals surface area (Å²) in [6, 6.07) is 11.8. The molecule has 0 saturated carbocycles. The average molecular weight is 347 g/mol. The second-order valence-electron chi connectivity index (χ2n) is 6.47. The lowest BCUT2D eigenvalue weighted by atomic mass is 9.94. The topological polar surface area (TPSA) is 64.6 Å². The molecule has 0 spiro atoms. The Morgan fingerprint density at radius 1 is 1.17 bits per heavy atom. The highest BCUT2D eigenvalue weighted by Gasteiger charge is 2.27. The van der Waals surface area contributed by atoms with Gasteiger partial charge in [0.1, 0.15) is 17.1 Å². The molecule has 24 heavy (non-hydrogen) atoms. The highest BCUT2D eigenvalue weighted by Crippen LogP contribution is 2.34. The predicted octanol–water partition coefficient (Wildman–Crippen LogP) is 3.60. The van der Waals surface area contributed by atoms with Gasteiger partial charge in [-0.25, -0.2) is 8.42 Å². The molecule has 0 amide bonds. The van der Waals surface area contributed by atoms with Crippen molar-refractivity contribution in [2.75, 3.05) is 11.8 Å². The molecule has 3 rings (SSSR count). The van der Waals surface area contributed by atoms with E-state index in [9.17, 15) is 8.42 Å². The van der Waals surface area contributed by atoms with Crippen LogP contribution in [0.1, 0.15) is 25.8 Å². The summed E-state index contributed by atoms with van der Waals surface area (Å²) in [6.45, 7) is 4.07. The van der Waals surface area contributed by atoms with E-state index in [1.54, 1.807) is 49.6 Å². The van der Waals surface area contributed by atoms with Crippen molar-refractivity contribution in [1.82, 2.24) is 0 Å². The third-order valence-corrected chi connectivity index (χ3v) is 5.43. The van der Waals surface area contributed by atoms with Crippen LogP contribution in [0.15, 0.2) is 47.4 Å². The maximum atomic E-state index is 12.6. The van der Waals surface area contributed by atoms with Crippen molar-refractivity contribution in [1.29, 1.82) is 0 Å². The largest absolute Gasteiger partial charge is 0.497 e. The minimum Gasteiger partial charge on any atom is -0.497 e. The van der Waals surface area contributed by atoms with Gasteiger partial charge in [0.2, 0.25) is 0 Å². The summed E-state index contributed by atoms with van der Waals surface area (Å²) in [4.78, 5) is 0.229. The molecule has 2 aromatic carbocycles. The Bertz CT molecular complexity index is 859. The third-order valence-electron chi connectivity index (χ3n) is 4.05. The molecule has 128 valence electrons. The van der Waals surface area contributed by atoms with Crippen molar-refractivity contribution in [2.45, 2.75) is 37.2 Å². The molecule has 5 nitrogen and oxygen atoms in total. The molecule has 1 aliphatic rings. The molecule has 0 fully saturated rings. The predicted molar refractivity (Wildman–Crippen MR) is 93.3 cm³/mol. The van der Waals surface area contributed by atoms with Gasteiger partial charge in [0, 0.05) is 6.07 Å². The van der Waals surface area contributed by atoms with Crippen molar-refractivity contribution in [3.63, 3.8) is 0 Å². The molecule has 1 heterocycles. The smallest absolute Gasteiger partial charge is 0.261 e. The van der Waals surface area contributed by atoms with Gasteiger partial charge in [-0.05, 0) is 62.6 Å². The Labute approximate surface area is 142 Å². The van der Waals surface area contributed by atoms with E-state index in [0.717, 1.165) is 24.2 Å². The van der Waals surface area contributed by atoms with Crippen molar-refractivity contribution < 1.29 is 17.9 Å². The van der Waals surface area contributed by atoms with Crippen molar-refractivity contribution in [2.24, 2.45) is 0 Å². The molecule has 0 bridgehead atoms. The normalized spacial score (nSPS) is 16.0. The molecule has 0 saturated heterocycles. The maximum absolute atomic E-state index is 12.6. The molecule has 2 aromatic rings. The summed E-state index contributed by atoms with van der Waals surface area (Å²) in [6.07, 6.45) is 1.65. The molecule has 0 aromatic heterocycles. The van der Waals surface area contributed by atoms with Gasteiger partial charge in [0.15, 0.2) is 0 Å². The zero-order chi connectivity index (χ0) is 17.4. The summed E-state index contributed by atoms with van der Waals surface area (Å²) in [7, 11) is -2.12. The van der Waals surface area contributed by atoms with E-state index < -0.39 is 10.0 Å². The zero-order valence-electron chi connectivity index (χ0n) is 14.0. The quantitative estimate of drug-likeness (QED) is 0.918. The Morgan fingerprint density at radius 2 is 1.96 bits per heavy atom. The summed E-state index contributed by atoms with van der Waals surface area (Å²) in [5.74, 6) is 1.35. The molecular weight excluding hydrogens is 326 g/mol. The van der Waals surface area contributed by atoms with Gasteiger partial charge < -0.3 is 9.47 Å². The van der Waals surface area contributed by atoms with Gasteiger partial charge in [-0.3, -0.25) is 4.72 Å². The van der Waals surface area contributed by atoms with Crippen LogP contribution in [-0.2, 0) is 16.4 Å². The first kappa shape index (κ1) is 16.6. The van der Waals surface area contributed by atoms with Crippen LogP contribution in [0.2, 0.25) is 0 Å². The molecule has 0 aliphatic carbocycles. The van der Waals surface area contributed by atoms with Crippen molar-refractivity contribution >= 4 is 15.7 Å². The highest BCUT2D eigenvalue weighted by molar-refractivity contribution is 7.92. The van der Waals surface area contributed by atoms with Crippen LogP contribution >= 0.6 is 0 Å². The van der Waals surface area contributed by atoms with Gasteiger partial charge in [-0.1, -0.05) is 6.07 Å². The first-order valence-electron chi connectivity index (χ1n) is 7.78. The summed E-state index contributed by atoms with van der Waals surface area (Å²) >= 11 is 0. The van der Waals surface area contributed by atoms with E-state index in [1.807, 2.05) is 13.8 Å². The highest BCUT2D eigenvalue weighted by atomic mass is 32.2. The van der Waals surface area contributed by atoms with Crippen LogP contribution < -0.4 is 14.2 Å². The van der Waals surface area contributed by atoms with Gasteiger partial charge in [0.25, 0.3) is 10.0 Å². The van der Waals surface area contributed by atoms with E-state index >= 15 is 0 Å². The monoisotopic (exact) mass is 347 g/mol. The van der Waals surface area contributed by atoms with Gasteiger partial charge in [-0.15, -0.1) is 0 Å². The fourth-order valence-electron chi connectivity index (χ4n) is 2.70. The number of benzene rings is 2. The lowest BCUT2D eigenvalue weighted by Crippen LogP contribution is -2.32. The van der Waals surface area contributed by atoms with E-state index in [0.29, 0.717) is 11.4 Å². The first-order valence-corrected chi connectivity index (χ1v) is 9.26. The number of hydrogen-bond acceptors (Lipinski definition) is 4. The van der Waals surface area contributed by atoms with Crippen LogP contribution in [0, 0.1) is 0 Å². The summed E-state index contributed by atoms with van der Waals surface area (Å²) in [5.41, 5.74) is 1.17. The maximum Gasteiger partial charge on any atom is 0.261 e. The minimum absolute atomic E-state index is 0.216. The van der Waals surface area contributed by atoms with Crippen molar-refractivity contribution in [3.8, 4) is 11.5 Å². The van der Waals surface area contributed by atoms with E-state index in [4.69, 9.17) is 9.47 Å². The lowest BCUT2D eigenvalue weighted by Gasteiger charge is -2.32. The molecule has 1 N–H and O–H groups in total. The van der Waals surface area contributed by atoms with E-state index in [2.05, 4.69) is 4.72 Å². The number of fused-ring (bicyclic) bond motifs is 1. The standard InChI is InChI=1S/C18H21NO4S/c1-18(2)10-9-13-11-16(7-8-17(13)23-18)24(20,21)19-14-5-4-6-15(12-14)22-3/h4-8,11-12,19H,9-10H2,1-3H3. The molecule has 6 heteroatoms. The van der Waals surface area contributed by atoms with Gasteiger partial charge in [-0.2, -0.15) is 0 Å². The third kappa shape index (κ3) is 3.48. The summed E-state index contributed by atoms with van der Waals surface area (Å²) < 4.78 is 38.8. The van der Waals surface area contributed by atoms with Crippen LogP contribution in [-0.4, -0.2) is 21.1 Å². The number of anilines is 1. The number of sulfonamides is 1. The number of nitrogens with one attached hydrogen (secondary N) is 1. The number of aryl methyl sites for hydroxylation is 1. The Hall–Kier alpha value is -2.21. The van der Waals surface area contributed by atoms with Crippen LogP contribution in [0.3, 0.4) is 0 Å². The number of methoxy groups -OCH3 is 1. The van der Waals surface area contributed by atoms with Crippen molar-refractivity contribution in [3.05, 3.63) is 48.0 Å². The number of ether oxygens (including phenoxy) is 2.